The van der Waals surface area contributed by atoms with Crippen LogP contribution in [-0.2, 0) is 6.18 Å². The number of benzene rings is 1. The third-order valence-electron chi connectivity index (χ3n) is 4.10. The van der Waals surface area contributed by atoms with E-state index in [1.54, 1.807) is 0 Å². The molecule has 0 aliphatic heterocycles. The Balaban J connectivity index is 2.13. The lowest BCUT2D eigenvalue weighted by molar-refractivity contribution is -0.141. The fraction of sp³-hybridized carbons (Fsp3) is 0.158. The first-order valence-corrected chi connectivity index (χ1v) is 9.83. The van der Waals surface area contributed by atoms with Crippen LogP contribution in [0, 0.1) is 0 Å². The Morgan fingerprint density at radius 1 is 1.09 bits per heavy atom. The van der Waals surface area contributed by atoms with Crippen LogP contribution in [0.1, 0.15) is 26.5 Å². The minimum absolute atomic E-state index is 0.0358. The van der Waals surface area contributed by atoms with Crippen LogP contribution in [-0.4, -0.2) is 45.6 Å². The van der Waals surface area contributed by atoms with Gasteiger partial charge in [-0.2, -0.15) is 18.3 Å². The molecule has 3 rings (SSSR count). The van der Waals surface area contributed by atoms with Gasteiger partial charge in [0.05, 0.1) is 21.3 Å². The Kier molecular flexibility index (Phi) is 6.68. The number of pyridine rings is 1. The molecule has 2 heterocycles. The van der Waals surface area contributed by atoms with Crippen LogP contribution in [0.2, 0.25) is 15.1 Å². The molecule has 0 aliphatic rings. The van der Waals surface area contributed by atoms with Crippen LogP contribution in [0.25, 0.3) is 5.82 Å². The number of amides is 2. The van der Waals surface area contributed by atoms with E-state index in [0.29, 0.717) is 10.7 Å². The largest absolute Gasteiger partial charge is 0.435 e. The summed E-state index contributed by atoms with van der Waals surface area (Å²) in [5.41, 5.74) is -2.06. The van der Waals surface area contributed by atoms with E-state index < -0.39 is 29.4 Å². The number of aromatic nitrogens is 3. The molecule has 0 spiro atoms. The summed E-state index contributed by atoms with van der Waals surface area (Å²) in [4.78, 5) is 30.7. The Labute approximate surface area is 194 Å². The highest BCUT2D eigenvalue weighted by Gasteiger charge is 2.37. The van der Waals surface area contributed by atoms with Crippen molar-refractivity contribution in [2.24, 2.45) is 0 Å². The molecule has 2 aromatic heterocycles. The van der Waals surface area contributed by atoms with Gasteiger partial charge in [0.15, 0.2) is 11.5 Å². The number of halogens is 6. The third kappa shape index (κ3) is 4.82. The number of carbonyl (C=O) groups excluding carboxylic acids is 2. The fourth-order valence-electron chi connectivity index (χ4n) is 2.66. The number of nitrogens with one attached hydrogen (secondary N) is 1. The maximum Gasteiger partial charge on any atom is 0.435 e. The van der Waals surface area contributed by atoms with Crippen molar-refractivity contribution in [3.05, 3.63) is 68.5 Å². The monoisotopic (exact) mass is 505 g/mol. The Hall–Kier alpha value is -2.82. The number of hydrogen-bond donors (Lipinski definition) is 1. The lowest BCUT2D eigenvalue weighted by Gasteiger charge is -2.17. The summed E-state index contributed by atoms with van der Waals surface area (Å²) in [6.07, 6.45) is -3.56. The van der Waals surface area contributed by atoms with Gasteiger partial charge in [-0.3, -0.25) is 9.59 Å². The smallest absolute Gasteiger partial charge is 0.345 e. The maximum absolute atomic E-state index is 13.3. The minimum Gasteiger partial charge on any atom is -0.345 e. The molecule has 0 saturated carbocycles. The molecule has 0 bridgehead atoms. The van der Waals surface area contributed by atoms with Gasteiger partial charge in [0.2, 0.25) is 0 Å². The van der Waals surface area contributed by atoms with Gasteiger partial charge in [-0.25, -0.2) is 9.67 Å². The van der Waals surface area contributed by atoms with Gasteiger partial charge >= 0.3 is 6.18 Å². The molecule has 0 atom stereocenters. The summed E-state index contributed by atoms with van der Waals surface area (Å²) in [6, 6.07) is 5.94. The van der Waals surface area contributed by atoms with E-state index in [-0.39, 0.29) is 32.1 Å². The molecule has 2 amide bonds. The molecular formula is C19H13Cl3F3N5O2. The van der Waals surface area contributed by atoms with E-state index in [0.717, 1.165) is 0 Å². The minimum atomic E-state index is -4.84. The molecule has 0 unspecified atom stereocenters. The molecule has 13 heteroatoms. The summed E-state index contributed by atoms with van der Waals surface area (Å²) in [6.45, 7) is 0. The molecule has 7 nitrogen and oxygen atoms in total. The molecule has 168 valence electrons. The molecular weight excluding hydrogens is 494 g/mol. The number of carbonyl (C=O) groups is 2. The summed E-state index contributed by atoms with van der Waals surface area (Å²) in [7, 11) is 2.94. The Bertz CT molecular complexity index is 1210. The quantitative estimate of drug-likeness (QED) is 0.527. The van der Waals surface area contributed by atoms with Crippen LogP contribution in [0.3, 0.4) is 0 Å². The molecule has 1 aromatic carbocycles. The van der Waals surface area contributed by atoms with Crippen molar-refractivity contribution in [2.75, 3.05) is 19.4 Å². The van der Waals surface area contributed by atoms with E-state index in [9.17, 15) is 22.8 Å². The molecule has 0 saturated heterocycles. The van der Waals surface area contributed by atoms with Gasteiger partial charge < -0.3 is 10.2 Å². The van der Waals surface area contributed by atoms with Gasteiger partial charge in [-0.05, 0) is 24.3 Å². The van der Waals surface area contributed by atoms with Crippen molar-refractivity contribution in [2.45, 2.75) is 6.18 Å². The standard InChI is InChI=1S/C19H13Cl3F3N5O2/c1-29(2)18(32)10-6-9(20)7-12(22)15(10)27-17(31)13-8-14(19(23,24)25)28-30(13)16-11(21)4-3-5-26-16/h3-8H,1-2H3,(H,27,31). The second-order valence-electron chi connectivity index (χ2n) is 6.60. The number of nitrogens with zero attached hydrogens (tertiary/aromatic N) is 4. The van der Waals surface area contributed by atoms with E-state index >= 15 is 0 Å². The SMILES string of the molecule is CN(C)C(=O)c1cc(Cl)cc(Cl)c1NC(=O)c1cc(C(F)(F)F)nn1-c1ncccc1Cl. The van der Waals surface area contributed by atoms with Crippen molar-refractivity contribution >= 4 is 52.3 Å². The van der Waals surface area contributed by atoms with E-state index in [1.807, 2.05) is 0 Å². The average Bonchev–Trinajstić information content (AvgIpc) is 3.15. The molecule has 32 heavy (non-hydrogen) atoms. The maximum atomic E-state index is 13.3. The zero-order valence-electron chi connectivity index (χ0n) is 16.3. The first-order valence-electron chi connectivity index (χ1n) is 8.70. The predicted molar refractivity (Wildman–Crippen MR) is 114 cm³/mol. The zero-order chi connectivity index (χ0) is 23.8. The normalized spacial score (nSPS) is 11.4. The predicted octanol–water partition coefficient (Wildman–Crippen LogP) is 5.20. The zero-order valence-corrected chi connectivity index (χ0v) is 18.6. The lowest BCUT2D eigenvalue weighted by atomic mass is 10.1. The average molecular weight is 507 g/mol. The molecule has 1 N–H and O–H groups in total. The summed E-state index contributed by atoms with van der Waals surface area (Å²) < 4.78 is 40.6. The van der Waals surface area contributed by atoms with E-state index in [2.05, 4.69) is 15.4 Å². The Morgan fingerprint density at radius 3 is 2.38 bits per heavy atom. The molecule has 0 aliphatic carbocycles. The fourth-order valence-corrected chi connectivity index (χ4v) is 3.41. The van der Waals surface area contributed by atoms with Crippen molar-refractivity contribution in [1.29, 1.82) is 0 Å². The number of hydrogen-bond acceptors (Lipinski definition) is 4. The van der Waals surface area contributed by atoms with Crippen molar-refractivity contribution in [3.8, 4) is 5.82 Å². The van der Waals surface area contributed by atoms with Gasteiger partial charge in [0, 0.05) is 31.4 Å². The van der Waals surface area contributed by atoms with E-state index in [1.165, 1.54) is 49.5 Å². The number of anilines is 1. The molecule has 0 radical (unpaired) electrons. The van der Waals surface area contributed by atoms with Gasteiger partial charge in [-0.1, -0.05) is 34.8 Å². The first kappa shape index (κ1) is 23.8. The van der Waals surface area contributed by atoms with E-state index in [4.69, 9.17) is 34.8 Å². The Morgan fingerprint density at radius 2 is 1.78 bits per heavy atom. The highest BCUT2D eigenvalue weighted by molar-refractivity contribution is 6.38. The van der Waals surface area contributed by atoms with Crippen LogP contribution in [0.5, 0.6) is 0 Å². The lowest BCUT2D eigenvalue weighted by Crippen LogP contribution is -2.25. The van der Waals surface area contributed by atoms with Crippen molar-refractivity contribution in [3.63, 3.8) is 0 Å². The second-order valence-corrected chi connectivity index (χ2v) is 7.85. The topological polar surface area (TPSA) is 80.1 Å². The molecule has 3 aromatic rings. The van der Waals surface area contributed by atoms with Crippen LogP contribution >= 0.6 is 34.8 Å². The summed E-state index contributed by atoms with van der Waals surface area (Å²) in [5, 5.41) is 5.83. The third-order valence-corrected chi connectivity index (χ3v) is 4.91. The van der Waals surface area contributed by atoms with Crippen LogP contribution in [0.4, 0.5) is 18.9 Å². The molecule has 0 fully saturated rings. The summed E-state index contributed by atoms with van der Waals surface area (Å²) in [5.74, 6) is -1.77. The number of alkyl halides is 3. The van der Waals surface area contributed by atoms with Crippen LogP contribution in [0.15, 0.2) is 36.5 Å². The number of rotatable bonds is 4. The highest BCUT2D eigenvalue weighted by atomic mass is 35.5. The van der Waals surface area contributed by atoms with Crippen molar-refractivity contribution in [1.82, 2.24) is 19.7 Å². The van der Waals surface area contributed by atoms with Gasteiger partial charge in [0.1, 0.15) is 5.69 Å². The van der Waals surface area contributed by atoms with Gasteiger partial charge in [-0.15, -0.1) is 0 Å². The first-order chi connectivity index (χ1) is 14.9. The second kappa shape index (κ2) is 8.97. The highest BCUT2D eigenvalue weighted by Crippen LogP contribution is 2.33. The van der Waals surface area contributed by atoms with Crippen LogP contribution < -0.4 is 5.32 Å². The van der Waals surface area contributed by atoms with Crippen molar-refractivity contribution < 1.29 is 22.8 Å². The van der Waals surface area contributed by atoms with Gasteiger partial charge in [0.25, 0.3) is 11.8 Å². The summed E-state index contributed by atoms with van der Waals surface area (Å²) >= 11 is 18.2.